The molecule has 0 N–H and O–H groups in total. The predicted octanol–water partition coefficient (Wildman–Crippen LogP) is 2.93. The summed E-state index contributed by atoms with van der Waals surface area (Å²) in [5.41, 5.74) is 0.834. The molecule has 0 saturated carbocycles. The molecule has 0 amide bonds. The van der Waals surface area contributed by atoms with Crippen molar-refractivity contribution in [3.8, 4) is 0 Å². The molecule has 1 unspecified atom stereocenters. The monoisotopic (exact) mass is 288 g/mol. The number of benzene rings is 2. The third kappa shape index (κ3) is 2.05. The Kier molecular flexibility index (Phi) is 3.15. The van der Waals surface area contributed by atoms with Crippen molar-refractivity contribution in [2.45, 2.75) is 12.5 Å². The van der Waals surface area contributed by atoms with Crippen LogP contribution < -0.4 is 0 Å². The van der Waals surface area contributed by atoms with Gasteiger partial charge in [0.05, 0.1) is 5.75 Å². The highest BCUT2D eigenvalue weighted by atomic mass is 32.2. The molecule has 1 atom stereocenters. The highest BCUT2D eigenvalue weighted by Gasteiger charge is 2.51. The molecule has 1 aliphatic rings. The van der Waals surface area contributed by atoms with Crippen LogP contribution >= 0.6 is 0 Å². The molecule has 3 nitrogen and oxygen atoms in total. The highest BCUT2D eigenvalue weighted by molar-refractivity contribution is 7.87. The zero-order chi connectivity index (χ0) is 14.2. The minimum absolute atomic E-state index is 0.0385. The summed E-state index contributed by atoms with van der Waals surface area (Å²) in [6, 6.07) is 19.1. The zero-order valence-corrected chi connectivity index (χ0v) is 12.0. The van der Waals surface area contributed by atoms with Gasteiger partial charge in [-0.05, 0) is 11.1 Å². The molecule has 0 spiro atoms. The van der Waals surface area contributed by atoms with E-state index < -0.39 is 15.7 Å². The van der Waals surface area contributed by atoms with Crippen molar-refractivity contribution >= 4 is 10.1 Å². The van der Waals surface area contributed by atoms with Gasteiger partial charge in [-0.1, -0.05) is 67.6 Å². The normalized spacial score (nSPS) is 23.6. The first-order valence-corrected chi connectivity index (χ1v) is 8.17. The first kappa shape index (κ1) is 13.3. The maximum Gasteiger partial charge on any atom is 0.268 e. The van der Waals surface area contributed by atoms with Crippen molar-refractivity contribution in [3.63, 3.8) is 0 Å². The van der Waals surface area contributed by atoms with Crippen LogP contribution in [0.25, 0.3) is 0 Å². The largest absolute Gasteiger partial charge is 0.268 e. The molecule has 1 saturated heterocycles. The molecule has 2 aromatic carbocycles. The fraction of sp³-hybridized carbons (Fsp3) is 0.250. The fourth-order valence-corrected chi connectivity index (χ4v) is 4.62. The number of rotatable bonds is 2. The van der Waals surface area contributed by atoms with E-state index in [9.17, 15) is 8.42 Å². The van der Waals surface area contributed by atoms with E-state index in [1.54, 1.807) is 0 Å². The van der Waals surface area contributed by atoms with Gasteiger partial charge in [0.2, 0.25) is 0 Å². The van der Waals surface area contributed by atoms with Crippen LogP contribution in [0.3, 0.4) is 0 Å². The van der Waals surface area contributed by atoms with Gasteiger partial charge in [-0.15, -0.1) is 0 Å². The second-order valence-corrected chi connectivity index (χ2v) is 6.79. The van der Waals surface area contributed by atoms with Gasteiger partial charge in [0, 0.05) is 5.92 Å². The minimum Gasteiger partial charge on any atom is -0.253 e. The maximum absolute atomic E-state index is 12.0. The molecule has 1 aliphatic heterocycles. The lowest BCUT2D eigenvalue weighted by molar-refractivity contribution is 0.101. The third-order valence-corrected chi connectivity index (χ3v) is 5.24. The van der Waals surface area contributed by atoms with E-state index in [1.807, 2.05) is 67.6 Å². The van der Waals surface area contributed by atoms with Crippen molar-refractivity contribution in [3.05, 3.63) is 71.8 Å². The Morgan fingerprint density at radius 2 is 1.40 bits per heavy atom. The third-order valence-electron chi connectivity index (χ3n) is 3.81. The van der Waals surface area contributed by atoms with Crippen LogP contribution in [0.4, 0.5) is 0 Å². The van der Waals surface area contributed by atoms with E-state index in [-0.39, 0.29) is 11.7 Å². The fourth-order valence-electron chi connectivity index (χ4n) is 2.94. The Morgan fingerprint density at radius 3 is 1.75 bits per heavy atom. The Labute approximate surface area is 119 Å². The van der Waals surface area contributed by atoms with Crippen LogP contribution in [0.5, 0.6) is 0 Å². The Bertz CT molecular complexity index is 654. The van der Waals surface area contributed by atoms with Crippen LogP contribution in [0.1, 0.15) is 18.1 Å². The van der Waals surface area contributed by atoms with E-state index >= 15 is 0 Å². The number of hydrogen-bond acceptors (Lipinski definition) is 3. The topological polar surface area (TPSA) is 43.4 Å². The Morgan fingerprint density at radius 1 is 0.950 bits per heavy atom. The molecule has 2 aromatic rings. The van der Waals surface area contributed by atoms with Gasteiger partial charge < -0.3 is 0 Å². The average Bonchev–Trinajstić information content (AvgIpc) is 2.71. The highest BCUT2D eigenvalue weighted by Crippen LogP contribution is 2.46. The second-order valence-electron chi connectivity index (χ2n) is 5.18. The molecule has 0 aromatic heterocycles. The molecular formula is C16H16O3S. The molecule has 0 radical (unpaired) electrons. The summed E-state index contributed by atoms with van der Waals surface area (Å²) in [5, 5.41) is 0. The quantitative estimate of drug-likeness (QED) is 0.798. The summed E-state index contributed by atoms with van der Waals surface area (Å²) in [4.78, 5) is 0. The van der Waals surface area contributed by atoms with Gasteiger partial charge in [0.15, 0.2) is 0 Å². The molecule has 1 heterocycles. The smallest absolute Gasteiger partial charge is 0.253 e. The summed E-state index contributed by atoms with van der Waals surface area (Å²) in [6.45, 7) is 1.92. The Hall–Kier alpha value is -1.65. The first-order valence-electron chi connectivity index (χ1n) is 6.59. The molecule has 4 heteroatoms. The molecule has 104 valence electrons. The van der Waals surface area contributed by atoms with Crippen LogP contribution in [0.2, 0.25) is 0 Å². The van der Waals surface area contributed by atoms with E-state index in [4.69, 9.17) is 4.18 Å². The van der Waals surface area contributed by atoms with Crippen molar-refractivity contribution in [2.75, 3.05) is 5.75 Å². The average molecular weight is 288 g/mol. The van der Waals surface area contributed by atoms with Gasteiger partial charge in [-0.2, -0.15) is 8.42 Å². The van der Waals surface area contributed by atoms with Crippen LogP contribution in [0.15, 0.2) is 60.7 Å². The SMILES string of the molecule is CC1CS(=O)(=O)OC1(c1ccccc1)c1ccccc1. The van der Waals surface area contributed by atoms with E-state index in [1.165, 1.54) is 0 Å². The lowest BCUT2D eigenvalue weighted by Crippen LogP contribution is -2.33. The van der Waals surface area contributed by atoms with Crippen molar-refractivity contribution < 1.29 is 12.6 Å². The van der Waals surface area contributed by atoms with E-state index in [2.05, 4.69) is 0 Å². The van der Waals surface area contributed by atoms with Gasteiger partial charge >= 0.3 is 0 Å². The molecular weight excluding hydrogens is 272 g/mol. The molecule has 3 rings (SSSR count). The molecule has 0 bridgehead atoms. The lowest BCUT2D eigenvalue weighted by Gasteiger charge is -2.32. The summed E-state index contributed by atoms with van der Waals surface area (Å²) in [7, 11) is -3.50. The van der Waals surface area contributed by atoms with Crippen LogP contribution in [-0.4, -0.2) is 14.2 Å². The van der Waals surface area contributed by atoms with Crippen LogP contribution in [0, 0.1) is 5.92 Å². The van der Waals surface area contributed by atoms with Crippen molar-refractivity contribution in [1.82, 2.24) is 0 Å². The molecule has 1 fully saturated rings. The first-order chi connectivity index (χ1) is 9.55. The van der Waals surface area contributed by atoms with Crippen molar-refractivity contribution in [2.24, 2.45) is 5.92 Å². The summed E-state index contributed by atoms with van der Waals surface area (Å²) < 4.78 is 29.6. The van der Waals surface area contributed by atoms with Crippen molar-refractivity contribution in [1.29, 1.82) is 0 Å². The lowest BCUT2D eigenvalue weighted by atomic mass is 9.78. The molecule has 0 aliphatic carbocycles. The van der Waals surface area contributed by atoms with Gasteiger partial charge in [0.1, 0.15) is 5.60 Å². The standard InChI is InChI=1S/C16H16O3S/c1-13-12-20(17,18)19-16(13,14-8-4-2-5-9-14)15-10-6-3-7-11-15/h2-11,13H,12H2,1H3. The summed E-state index contributed by atoms with van der Waals surface area (Å²) in [6.07, 6.45) is 0. The maximum atomic E-state index is 12.0. The van der Waals surface area contributed by atoms with Gasteiger partial charge in [0.25, 0.3) is 10.1 Å². The van der Waals surface area contributed by atoms with E-state index in [0.717, 1.165) is 11.1 Å². The minimum atomic E-state index is -3.50. The predicted molar refractivity (Wildman–Crippen MR) is 77.7 cm³/mol. The zero-order valence-electron chi connectivity index (χ0n) is 11.2. The summed E-state index contributed by atoms with van der Waals surface area (Å²) >= 11 is 0. The Balaban J connectivity index is 2.25. The van der Waals surface area contributed by atoms with Crippen LogP contribution in [-0.2, 0) is 19.9 Å². The van der Waals surface area contributed by atoms with Gasteiger partial charge in [-0.25, -0.2) is 0 Å². The number of hydrogen-bond donors (Lipinski definition) is 0. The molecule has 20 heavy (non-hydrogen) atoms. The second kappa shape index (κ2) is 4.72. The van der Waals surface area contributed by atoms with Gasteiger partial charge in [-0.3, -0.25) is 4.18 Å². The van der Waals surface area contributed by atoms with E-state index in [0.29, 0.717) is 0 Å². The summed E-state index contributed by atoms with van der Waals surface area (Å²) in [5.74, 6) is -0.103.